The van der Waals surface area contributed by atoms with Crippen LogP contribution in [0.25, 0.3) is 0 Å². The van der Waals surface area contributed by atoms with Crippen LogP contribution in [0.1, 0.15) is 18.9 Å². The van der Waals surface area contributed by atoms with E-state index in [2.05, 4.69) is 17.1 Å². The van der Waals surface area contributed by atoms with Gasteiger partial charge in [-0.15, -0.1) is 0 Å². The Bertz CT molecular complexity index is 532. The predicted molar refractivity (Wildman–Crippen MR) is 65.4 cm³/mol. The van der Waals surface area contributed by atoms with Crippen LogP contribution in [0.5, 0.6) is 11.5 Å². The highest BCUT2D eigenvalue weighted by Crippen LogP contribution is 2.19. The van der Waals surface area contributed by atoms with Crippen molar-refractivity contribution in [1.82, 2.24) is 10.2 Å². The lowest BCUT2D eigenvalue weighted by atomic mass is 10.1. The van der Waals surface area contributed by atoms with E-state index in [0.717, 1.165) is 12.8 Å². The molecule has 0 aliphatic carbocycles. The first kappa shape index (κ1) is 11.4. The van der Waals surface area contributed by atoms with Crippen LogP contribution in [0.3, 0.4) is 0 Å². The molecule has 17 heavy (non-hydrogen) atoms. The molecule has 2 aromatic rings. The normalized spacial score (nSPS) is 10.2. The van der Waals surface area contributed by atoms with Gasteiger partial charge in [0.2, 0.25) is 0 Å². The maximum Gasteiger partial charge on any atom is 0.267 e. The van der Waals surface area contributed by atoms with Gasteiger partial charge < -0.3 is 4.74 Å². The Morgan fingerprint density at radius 2 is 2.00 bits per heavy atom. The highest BCUT2D eigenvalue weighted by Gasteiger charge is 1.98. The minimum atomic E-state index is -0.273. The second-order valence-electron chi connectivity index (χ2n) is 3.78. The molecule has 0 aliphatic rings. The summed E-state index contributed by atoms with van der Waals surface area (Å²) in [5.74, 6) is 1.15. The minimum absolute atomic E-state index is 0.273. The molecular weight excluding hydrogens is 216 g/mol. The Morgan fingerprint density at radius 3 is 2.65 bits per heavy atom. The van der Waals surface area contributed by atoms with E-state index in [1.165, 1.54) is 17.8 Å². The number of nitrogens with zero attached hydrogens (tertiary/aromatic N) is 1. The zero-order chi connectivity index (χ0) is 12.1. The van der Waals surface area contributed by atoms with E-state index >= 15 is 0 Å². The Kier molecular flexibility index (Phi) is 3.55. The van der Waals surface area contributed by atoms with Crippen LogP contribution in [0.2, 0.25) is 0 Å². The topological polar surface area (TPSA) is 55.0 Å². The first-order valence-electron chi connectivity index (χ1n) is 5.59. The van der Waals surface area contributed by atoms with Crippen LogP contribution in [0, 0.1) is 0 Å². The van der Waals surface area contributed by atoms with Crippen molar-refractivity contribution < 1.29 is 4.74 Å². The molecule has 0 saturated heterocycles. The molecule has 0 saturated carbocycles. The Hall–Kier alpha value is -2.10. The summed E-state index contributed by atoms with van der Waals surface area (Å²) in [5, 5.41) is 5.96. The minimum Gasteiger partial charge on any atom is -0.455 e. The third kappa shape index (κ3) is 3.17. The molecule has 0 aliphatic heterocycles. The van der Waals surface area contributed by atoms with E-state index in [9.17, 15) is 4.79 Å². The largest absolute Gasteiger partial charge is 0.455 e. The van der Waals surface area contributed by atoms with Crippen molar-refractivity contribution in [3.63, 3.8) is 0 Å². The summed E-state index contributed by atoms with van der Waals surface area (Å²) in [6, 6.07) is 9.21. The highest BCUT2D eigenvalue weighted by atomic mass is 16.5. The lowest BCUT2D eigenvalue weighted by molar-refractivity contribution is 0.477. The molecule has 0 unspecified atom stereocenters. The van der Waals surface area contributed by atoms with Crippen LogP contribution in [-0.4, -0.2) is 10.2 Å². The summed E-state index contributed by atoms with van der Waals surface area (Å²) < 4.78 is 5.51. The first-order chi connectivity index (χ1) is 8.28. The molecular formula is C13H14N2O2. The van der Waals surface area contributed by atoms with Crippen LogP contribution in [0.4, 0.5) is 0 Å². The van der Waals surface area contributed by atoms with E-state index in [4.69, 9.17) is 4.74 Å². The highest BCUT2D eigenvalue weighted by molar-refractivity contribution is 5.31. The average Bonchev–Trinajstić information content (AvgIpc) is 2.32. The fraction of sp³-hybridized carbons (Fsp3) is 0.231. The molecule has 1 aromatic heterocycles. The van der Waals surface area contributed by atoms with Crippen molar-refractivity contribution in [2.24, 2.45) is 0 Å². The van der Waals surface area contributed by atoms with E-state index in [-0.39, 0.29) is 5.56 Å². The quantitative estimate of drug-likeness (QED) is 0.878. The zero-order valence-corrected chi connectivity index (χ0v) is 9.64. The molecule has 88 valence electrons. The summed E-state index contributed by atoms with van der Waals surface area (Å²) in [4.78, 5) is 11.0. The second-order valence-corrected chi connectivity index (χ2v) is 3.78. The van der Waals surface area contributed by atoms with Gasteiger partial charge in [0.05, 0.1) is 6.20 Å². The molecule has 2 rings (SSSR count). The predicted octanol–water partition coefficient (Wildman–Crippen LogP) is 2.51. The van der Waals surface area contributed by atoms with Crippen LogP contribution >= 0.6 is 0 Å². The zero-order valence-electron chi connectivity index (χ0n) is 9.64. The Balaban J connectivity index is 2.11. The smallest absolute Gasteiger partial charge is 0.267 e. The summed E-state index contributed by atoms with van der Waals surface area (Å²) in [6.45, 7) is 2.15. The summed E-state index contributed by atoms with van der Waals surface area (Å²) >= 11 is 0. The van der Waals surface area contributed by atoms with Gasteiger partial charge in [-0.3, -0.25) is 4.79 Å². The van der Waals surface area contributed by atoms with Crippen LogP contribution in [-0.2, 0) is 6.42 Å². The Labute approximate surface area is 99.3 Å². The number of H-pyrrole nitrogens is 1. The van der Waals surface area contributed by atoms with Crippen molar-refractivity contribution in [2.75, 3.05) is 0 Å². The molecule has 0 spiro atoms. The third-order valence-corrected chi connectivity index (χ3v) is 2.34. The second kappa shape index (κ2) is 5.30. The third-order valence-electron chi connectivity index (χ3n) is 2.34. The monoisotopic (exact) mass is 230 g/mol. The van der Waals surface area contributed by atoms with E-state index < -0.39 is 0 Å². The van der Waals surface area contributed by atoms with Gasteiger partial charge in [-0.25, -0.2) is 5.10 Å². The molecule has 1 aromatic carbocycles. The van der Waals surface area contributed by atoms with Crippen LogP contribution in [0.15, 0.2) is 41.3 Å². The number of aromatic nitrogens is 2. The SMILES string of the molecule is CCCc1ccc(Oc2cn[nH]c(=O)c2)cc1. The van der Waals surface area contributed by atoms with Gasteiger partial charge in [-0.1, -0.05) is 25.5 Å². The average molecular weight is 230 g/mol. The lowest BCUT2D eigenvalue weighted by Crippen LogP contribution is -2.05. The van der Waals surface area contributed by atoms with Crippen molar-refractivity contribution in [3.8, 4) is 11.5 Å². The molecule has 0 fully saturated rings. The standard InChI is InChI=1S/C13H14N2O2/c1-2-3-10-4-6-11(7-5-10)17-12-8-13(16)15-14-9-12/h4-9H,2-3H2,1H3,(H,15,16). The summed E-state index contributed by atoms with van der Waals surface area (Å²) in [7, 11) is 0. The number of aromatic amines is 1. The molecule has 4 heteroatoms. The number of hydrogen-bond acceptors (Lipinski definition) is 3. The van der Waals surface area contributed by atoms with Crippen molar-refractivity contribution >= 4 is 0 Å². The molecule has 4 nitrogen and oxygen atoms in total. The van der Waals surface area contributed by atoms with E-state index in [0.29, 0.717) is 11.5 Å². The van der Waals surface area contributed by atoms with E-state index in [1.54, 1.807) is 0 Å². The van der Waals surface area contributed by atoms with Gasteiger partial charge in [-0.2, -0.15) is 5.10 Å². The molecule has 1 N–H and O–H groups in total. The van der Waals surface area contributed by atoms with Crippen LogP contribution < -0.4 is 10.3 Å². The number of rotatable bonds is 4. The molecule has 0 bridgehead atoms. The molecule has 0 atom stereocenters. The number of benzene rings is 1. The first-order valence-corrected chi connectivity index (χ1v) is 5.59. The van der Waals surface area contributed by atoms with Gasteiger partial charge in [0.25, 0.3) is 5.56 Å². The van der Waals surface area contributed by atoms with Gasteiger partial charge in [0.15, 0.2) is 5.75 Å². The van der Waals surface area contributed by atoms with E-state index in [1.807, 2.05) is 24.3 Å². The number of hydrogen-bond donors (Lipinski definition) is 1. The van der Waals surface area contributed by atoms with Gasteiger partial charge in [-0.05, 0) is 24.1 Å². The van der Waals surface area contributed by atoms with Gasteiger partial charge in [0.1, 0.15) is 5.75 Å². The summed E-state index contributed by atoms with van der Waals surface area (Å²) in [5.41, 5.74) is 1.01. The number of nitrogens with one attached hydrogen (secondary N) is 1. The van der Waals surface area contributed by atoms with Gasteiger partial charge in [0, 0.05) is 6.07 Å². The number of aryl methyl sites for hydroxylation is 1. The van der Waals surface area contributed by atoms with Gasteiger partial charge >= 0.3 is 0 Å². The van der Waals surface area contributed by atoms with Crippen molar-refractivity contribution in [1.29, 1.82) is 0 Å². The lowest BCUT2D eigenvalue weighted by Gasteiger charge is -2.05. The molecule has 0 radical (unpaired) electrons. The fourth-order valence-electron chi connectivity index (χ4n) is 1.56. The maximum absolute atomic E-state index is 11.0. The molecule has 1 heterocycles. The molecule has 0 amide bonds. The van der Waals surface area contributed by atoms with Crippen molar-refractivity contribution in [2.45, 2.75) is 19.8 Å². The maximum atomic E-state index is 11.0. The van der Waals surface area contributed by atoms with Crippen molar-refractivity contribution in [3.05, 3.63) is 52.4 Å². The fourth-order valence-corrected chi connectivity index (χ4v) is 1.56. The number of ether oxygens (including phenoxy) is 1. The summed E-state index contributed by atoms with van der Waals surface area (Å²) in [6.07, 6.45) is 3.66. The Morgan fingerprint density at radius 1 is 1.24 bits per heavy atom.